The number of carbonyl (C=O) groups is 2. The Morgan fingerprint density at radius 1 is 1.45 bits per heavy atom. The molecule has 2 rings (SSSR count). The van der Waals surface area contributed by atoms with Crippen LogP contribution in [0.15, 0.2) is 23.5 Å². The van der Waals surface area contributed by atoms with Gasteiger partial charge in [0.15, 0.2) is 0 Å². The minimum absolute atomic E-state index is 0.0222. The normalized spacial score (nSPS) is 19.7. The standard InChI is InChI=1S/C16H20ClN3O2/c1-2-5-11(14(18)10-6-3-4-7-13(10)21)15(22)12-8-9-19-16(17)20-12/h8-10H,2-7,18H2,1H3/b14-11-/t10-/m0/s1. The van der Waals surface area contributed by atoms with Crippen LogP contribution < -0.4 is 5.73 Å². The zero-order valence-electron chi connectivity index (χ0n) is 12.6. The molecule has 6 heteroatoms. The maximum atomic E-state index is 12.7. The number of hydrogen-bond acceptors (Lipinski definition) is 5. The first kappa shape index (κ1) is 16.6. The van der Waals surface area contributed by atoms with Crippen LogP contribution in [0.2, 0.25) is 5.28 Å². The average molecular weight is 322 g/mol. The molecule has 1 aliphatic rings. The number of halogens is 1. The van der Waals surface area contributed by atoms with Crippen molar-refractivity contribution >= 4 is 23.2 Å². The molecule has 1 fully saturated rings. The highest BCUT2D eigenvalue weighted by molar-refractivity contribution is 6.28. The topological polar surface area (TPSA) is 85.9 Å². The molecule has 2 N–H and O–H groups in total. The monoisotopic (exact) mass is 321 g/mol. The molecule has 0 amide bonds. The highest BCUT2D eigenvalue weighted by Crippen LogP contribution is 2.28. The van der Waals surface area contributed by atoms with Crippen LogP contribution in [0.1, 0.15) is 55.9 Å². The maximum Gasteiger partial charge on any atom is 0.222 e. The van der Waals surface area contributed by atoms with Crippen LogP contribution in [-0.2, 0) is 4.79 Å². The van der Waals surface area contributed by atoms with E-state index in [0.717, 1.165) is 25.7 Å². The third-order valence-corrected chi connectivity index (χ3v) is 4.09. The first-order valence-corrected chi connectivity index (χ1v) is 7.96. The van der Waals surface area contributed by atoms with Crippen molar-refractivity contribution in [1.82, 2.24) is 9.97 Å². The number of rotatable bonds is 5. The molecule has 1 saturated carbocycles. The van der Waals surface area contributed by atoms with E-state index in [1.807, 2.05) is 6.92 Å². The molecule has 0 unspecified atom stereocenters. The first-order chi connectivity index (χ1) is 10.5. The lowest BCUT2D eigenvalue weighted by Crippen LogP contribution is -2.28. The maximum absolute atomic E-state index is 12.7. The molecule has 0 radical (unpaired) electrons. The Kier molecular flexibility index (Phi) is 5.66. The second kappa shape index (κ2) is 7.49. The van der Waals surface area contributed by atoms with E-state index >= 15 is 0 Å². The van der Waals surface area contributed by atoms with Gasteiger partial charge in [-0.1, -0.05) is 19.8 Å². The molecule has 1 atom stereocenters. The van der Waals surface area contributed by atoms with Crippen LogP contribution in [0.4, 0.5) is 0 Å². The van der Waals surface area contributed by atoms with Gasteiger partial charge in [-0.2, -0.15) is 0 Å². The molecule has 1 aromatic heterocycles. The third-order valence-electron chi connectivity index (χ3n) is 3.91. The molecular weight excluding hydrogens is 302 g/mol. The lowest BCUT2D eigenvalue weighted by Gasteiger charge is -2.23. The Hall–Kier alpha value is -1.75. The van der Waals surface area contributed by atoms with Crippen molar-refractivity contribution < 1.29 is 9.59 Å². The van der Waals surface area contributed by atoms with Gasteiger partial charge in [0.25, 0.3) is 0 Å². The van der Waals surface area contributed by atoms with Gasteiger partial charge in [-0.05, 0) is 36.9 Å². The van der Waals surface area contributed by atoms with Crippen molar-refractivity contribution in [1.29, 1.82) is 0 Å². The fourth-order valence-corrected chi connectivity index (χ4v) is 2.92. The Balaban J connectivity index is 2.37. The van der Waals surface area contributed by atoms with Gasteiger partial charge in [0.05, 0.1) is 5.92 Å². The van der Waals surface area contributed by atoms with E-state index in [1.165, 1.54) is 12.3 Å². The number of aromatic nitrogens is 2. The highest BCUT2D eigenvalue weighted by Gasteiger charge is 2.28. The van der Waals surface area contributed by atoms with Crippen LogP contribution in [0.3, 0.4) is 0 Å². The lowest BCUT2D eigenvalue weighted by atomic mass is 9.82. The van der Waals surface area contributed by atoms with Crippen LogP contribution in [0.5, 0.6) is 0 Å². The summed E-state index contributed by atoms with van der Waals surface area (Å²) >= 11 is 5.75. The van der Waals surface area contributed by atoms with Crippen LogP contribution in [0.25, 0.3) is 0 Å². The van der Waals surface area contributed by atoms with Gasteiger partial charge < -0.3 is 5.73 Å². The number of ketones is 2. The van der Waals surface area contributed by atoms with Gasteiger partial charge in [0, 0.05) is 23.9 Å². The SMILES string of the molecule is CCC/C(C(=O)c1ccnc(Cl)n1)=C(/N)[C@H]1CCCCC1=O. The fourth-order valence-electron chi connectivity index (χ4n) is 2.78. The summed E-state index contributed by atoms with van der Waals surface area (Å²) in [5, 5.41) is 0.0222. The Morgan fingerprint density at radius 3 is 2.86 bits per heavy atom. The molecule has 22 heavy (non-hydrogen) atoms. The van der Waals surface area contributed by atoms with Gasteiger partial charge in [0.2, 0.25) is 11.1 Å². The zero-order valence-corrected chi connectivity index (χ0v) is 13.4. The number of nitrogens with zero attached hydrogens (tertiary/aromatic N) is 2. The minimum atomic E-state index is -0.337. The minimum Gasteiger partial charge on any atom is -0.401 e. The molecular formula is C16H20ClN3O2. The molecule has 0 aromatic carbocycles. The fraction of sp³-hybridized carbons (Fsp3) is 0.500. The molecule has 5 nitrogen and oxygen atoms in total. The quantitative estimate of drug-likeness (QED) is 0.511. The number of nitrogens with two attached hydrogens (primary N) is 1. The van der Waals surface area contributed by atoms with Gasteiger partial charge in [-0.25, -0.2) is 9.97 Å². The van der Waals surface area contributed by atoms with Crippen LogP contribution >= 0.6 is 11.6 Å². The second-order valence-electron chi connectivity index (χ2n) is 5.49. The number of allylic oxidation sites excluding steroid dienone is 2. The smallest absolute Gasteiger partial charge is 0.222 e. The van der Waals surface area contributed by atoms with E-state index in [0.29, 0.717) is 24.1 Å². The van der Waals surface area contributed by atoms with E-state index in [2.05, 4.69) is 9.97 Å². The zero-order chi connectivity index (χ0) is 16.1. The van der Waals surface area contributed by atoms with Gasteiger partial charge in [0.1, 0.15) is 11.5 Å². The summed E-state index contributed by atoms with van der Waals surface area (Å²) in [4.78, 5) is 32.5. The molecule has 1 aliphatic carbocycles. The van der Waals surface area contributed by atoms with E-state index in [4.69, 9.17) is 17.3 Å². The van der Waals surface area contributed by atoms with Crippen molar-refractivity contribution in [3.8, 4) is 0 Å². The van der Waals surface area contributed by atoms with E-state index in [-0.39, 0.29) is 28.5 Å². The number of hydrogen-bond donors (Lipinski definition) is 1. The van der Waals surface area contributed by atoms with Crippen molar-refractivity contribution in [2.24, 2.45) is 11.7 Å². The van der Waals surface area contributed by atoms with Crippen LogP contribution in [0, 0.1) is 5.92 Å². The molecule has 0 spiro atoms. The van der Waals surface area contributed by atoms with Crippen molar-refractivity contribution in [2.45, 2.75) is 45.4 Å². The van der Waals surface area contributed by atoms with E-state index in [9.17, 15) is 9.59 Å². The predicted molar refractivity (Wildman–Crippen MR) is 84.5 cm³/mol. The van der Waals surface area contributed by atoms with Gasteiger partial charge >= 0.3 is 0 Å². The van der Waals surface area contributed by atoms with Crippen molar-refractivity contribution in [2.75, 3.05) is 0 Å². The van der Waals surface area contributed by atoms with Crippen molar-refractivity contribution in [3.05, 3.63) is 34.5 Å². The summed E-state index contributed by atoms with van der Waals surface area (Å²) in [7, 11) is 0. The Bertz CT molecular complexity index is 613. The highest BCUT2D eigenvalue weighted by atomic mass is 35.5. The Morgan fingerprint density at radius 2 is 2.23 bits per heavy atom. The summed E-state index contributed by atoms with van der Waals surface area (Å²) < 4.78 is 0. The first-order valence-electron chi connectivity index (χ1n) is 7.59. The van der Waals surface area contributed by atoms with E-state index in [1.54, 1.807) is 0 Å². The third kappa shape index (κ3) is 3.71. The molecule has 0 saturated heterocycles. The summed E-state index contributed by atoms with van der Waals surface area (Å²) in [5.41, 5.74) is 7.32. The lowest BCUT2D eigenvalue weighted by molar-refractivity contribution is -0.123. The molecule has 1 heterocycles. The second-order valence-corrected chi connectivity index (χ2v) is 5.83. The van der Waals surface area contributed by atoms with E-state index < -0.39 is 0 Å². The predicted octanol–water partition coefficient (Wildman–Crippen LogP) is 3.08. The Labute approximate surface area is 135 Å². The van der Waals surface area contributed by atoms with Crippen LogP contribution in [-0.4, -0.2) is 21.5 Å². The molecule has 1 aromatic rings. The van der Waals surface area contributed by atoms with Gasteiger partial charge in [-0.15, -0.1) is 0 Å². The molecule has 118 valence electrons. The summed E-state index contributed by atoms with van der Waals surface area (Å²) in [6.45, 7) is 1.97. The van der Waals surface area contributed by atoms with Gasteiger partial charge in [-0.3, -0.25) is 9.59 Å². The summed E-state index contributed by atoms with van der Waals surface area (Å²) in [6.07, 6.45) is 5.85. The average Bonchev–Trinajstić information content (AvgIpc) is 2.52. The molecule has 0 bridgehead atoms. The summed E-state index contributed by atoms with van der Waals surface area (Å²) in [6, 6.07) is 1.51. The molecule has 0 aliphatic heterocycles. The van der Waals surface area contributed by atoms with Crippen molar-refractivity contribution in [3.63, 3.8) is 0 Å². The number of carbonyl (C=O) groups excluding carboxylic acids is 2. The summed E-state index contributed by atoms with van der Waals surface area (Å²) in [5.74, 6) is -0.468. The number of Topliss-reactive ketones (excluding diaryl/α,β-unsaturated/α-hetero) is 2. The largest absolute Gasteiger partial charge is 0.401 e.